The van der Waals surface area contributed by atoms with E-state index in [0.717, 1.165) is 18.6 Å². The molecule has 1 amide bonds. The van der Waals surface area contributed by atoms with E-state index >= 15 is 0 Å². The van der Waals surface area contributed by atoms with E-state index in [4.69, 9.17) is 0 Å². The zero-order chi connectivity index (χ0) is 16.3. The lowest BCUT2D eigenvalue weighted by Gasteiger charge is -2.17. The van der Waals surface area contributed by atoms with E-state index in [1.165, 1.54) is 11.8 Å². The first kappa shape index (κ1) is 16.7. The molecule has 7 heteroatoms. The molecule has 0 spiro atoms. The van der Waals surface area contributed by atoms with Gasteiger partial charge in [-0.1, -0.05) is 32.5 Å². The third kappa shape index (κ3) is 4.69. The fraction of sp³-hybridized carbons (Fsp3) is 0.467. The standard InChI is InChI=1S/C15H19F2N3OS/c1-15(2,3)4-5-18-13(21)8-22-14-19-11-6-9(16)10(17)7-12(11)20-14/h6-7H,4-5,8H2,1-3H3,(H,18,21)(H,19,20). The molecule has 0 radical (unpaired) electrons. The molecular weight excluding hydrogens is 308 g/mol. The van der Waals surface area contributed by atoms with Gasteiger partial charge < -0.3 is 10.3 Å². The van der Waals surface area contributed by atoms with Crippen molar-refractivity contribution in [1.82, 2.24) is 15.3 Å². The van der Waals surface area contributed by atoms with Crippen molar-refractivity contribution >= 4 is 28.7 Å². The molecule has 0 aliphatic rings. The minimum atomic E-state index is -0.935. The number of nitrogens with one attached hydrogen (secondary N) is 2. The second-order valence-electron chi connectivity index (χ2n) is 6.27. The molecule has 1 aromatic carbocycles. The number of aromatic nitrogens is 2. The second kappa shape index (κ2) is 6.64. The van der Waals surface area contributed by atoms with Gasteiger partial charge in [-0.15, -0.1) is 0 Å². The Balaban J connectivity index is 1.88. The molecule has 120 valence electrons. The highest BCUT2D eigenvalue weighted by Gasteiger charge is 2.12. The van der Waals surface area contributed by atoms with Gasteiger partial charge in [0.25, 0.3) is 0 Å². The fourth-order valence-electron chi connectivity index (χ4n) is 1.81. The highest BCUT2D eigenvalue weighted by molar-refractivity contribution is 7.99. The van der Waals surface area contributed by atoms with Crippen molar-refractivity contribution in [3.63, 3.8) is 0 Å². The maximum atomic E-state index is 13.1. The van der Waals surface area contributed by atoms with Crippen LogP contribution in [0.4, 0.5) is 8.78 Å². The highest BCUT2D eigenvalue weighted by Crippen LogP contribution is 2.21. The Morgan fingerprint density at radius 3 is 2.68 bits per heavy atom. The number of hydrogen-bond donors (Lipinski definition) is 2. The molecule has 22 heavy (non-hydrogen) atoms. The summed E-state index contributed by atoms with van der Waals surface area (Å²) in [4.78, 5) is 18.7. The van der Waals surface area contributed by atoms with Gasteiger partial charge in [0.15, 0.2) is 16.8 Å². The van der Waals surface area contributed by atoms with Gasteiger partial charge in [0.05, 0.1) is 16.8 Å². The van der Waals surface area contributed by atoms with E-state index in [9.17, 15) is 13.6 Å². The number of thioether (sulfide) groups is 1. The van der Waals surface area contributed by atoms with Crippen LogP contribution < -0.4 is 5.32 Å². The predicted octanol–water partition coefficient (Wildman–Crippen LogP) is 3.49. The van der Waals surface area contributed by atoms with Gasteiger partial charge in [-0.05, 0) is 11.8 Å². The van der Waals surface area contributed by atoms with Gasteiger partial charge in [-0.3, -0.25) is 4.79 Å². The van der Waals surface area contributed by atoms with Crippen LogP contribution in [0.2, 0.25) is 0 Å². The number of carbonyl (C=O) groups excluding carboxylic acids is 1. The summed E-state index contributed by atoms with van der Waals surface area (Å²) in [6, 6.07) is 2.10. The molecule has 2 rings (SSSR count). The first-order valence-electron chi connectivity index (χ1n) is 6.99. The summed E-state index contributed by atoms with van der Waals surface area (Å²) < 4.78 is 26.2. The molecule has 0 bridgehead atoms. The highest BCUT2D eigenvalue weighted by atomic mass is 32.2. The van der Waals surface area contributed by atoms with Crippen molar-refractivity contribution in [3.05, 3.63) is 23.8 Å². The Kier molecular flexibility index (Phi) is 5.05. The normalized spacial score (nSPS) is 11.9. The second-order valence-corrected chi connectivity index (χ2v) is 7.24. The van der Waals surface area contributed by atoms with Gasteiger partial charge in [-0.2, -0.15) is 0 Å². The molecule has 1 aromatic heterocycles. The zero-order valence-electron chi connectivity index (χ0n) is 12.8. The van der Waals surface area contributed by atoms with Crippen LogP contribution in [0.1, 0.15) is 27.2 Å². The number of H-pyrrole nitrogens is 1. The third-order valence-corrected chi connectivity index (χ3v) is 3.91. The Bertz CT molecular complexity index is 640. The number of nitrogens with zero attached hydrogens (tertiary/aromatic N) is 1. The number of halogens is 2. The molecule has 4 nitrogen and oxygen atoms in total. The number of benzene rings is 1. The molecule has 0 aliphatic heterocycles. The van der Waals surface area contributed by atoms with Crippen molar-refractivity contribution in [1.29, 1.82) is 0 Å². The van der Waals surface area contributed by atoms with Gasteiger partial charge in [0.2, 0.25) is 5.91 Å². The number of amides is 1. The SMILES string of the molecule is CC(C)(C)CCNC(=O)CSc1nc2cc(F)c(F)cc2[nH]1. The molecule has 0 fully saturated rings. The molecule has 0 saturated carbocycles. The molecule has 0 unspecified atom stereocenters. The van der Waals surface area contributed by atoms with Crippen molar-refractivity contribution in [2.75, 3.05) is 12.3 Å². The Morgan fingerprint density at radius 1 is 1.32 bits per heavy atom. The molecule has 2 aromatic rings. The van der Waals surface area contributed by atoms with Crippen molar-refractivity contribution in [3.8, 4) is 0 Å². The Morgan fingerprint density at radius 2 is 2.00 bits per heavy atom. The minimum absolute atomic E-state index is 0.0907. The molecular formula is C15H19F2N3OS. The third-order valence-electron chi connectivity index (χ3n) is 3.04. The topological polar surface area (TPSA) is 57.8 Å². The maximum Gasteiger partial charge on any atom is 0.230 e. The van der Waals surface area contributed by atoms with Crippen LogP contribution in [0.3, 0.4) is 0 Å². The van der Waals surface area contributed by atoms with Crippen LogP contribution in [0.25, 0.3) is 11.0 Å². The van der Waals surface area contributed by atoms with E-state index in [0.29, 0.717) is 22.7 Å². The Labute approximate surface area is 132 Å². The molecule has 0 aliphatic carbocycles. The Hall–Kier alpha value is -1.63. The van der Waals surface area contributed by atoms with Crippen molar-refractivity contribution < 1.29 is 13.6 Å². The summed E-state index contributed by atoms with van der Waals surface area (Å²) >= 11 is 1.20. The lowest BCUT2D eigenvalue weighted by molar-refractivity contribution is -0.118. The van der Waals surface area contributed by atoms with Gasteiger partial charge in [0.1, 0.15) is 0 Å². The van der Waals surface area contributed by atoms with Crippen LogP contribution in [0.15, 0.2) is 17.3 Å². The van der Waals surface area contributed by atoms with Gasteiger partial charge in [-0.25, -0.2) is 13.8 Å². The maximum absolute atomic E-state index is 13.1. The van der Waals surface area contributed by atoms with Crippen molar-refractivity contribution in [2.24, 2.45) is 5.41 Å². The number of carbonyl (C=O) groups is 1. The monoisotopic (exact) mass is 327 g/mol. The van der Waals surface area contributed by atoms with Crippen LogP contribution in [-0.2, 0) is 4.79 Å². The van der Waals surface area contributed by atoms with Gasteiger partial charge in [0, 0.05) is 18.7 Å². The van der Waals surface area contributed by atoms with Crippen LogP contribution in [0, 0.1) is 17.0 Å². The molecule has 1 heterocycles. The first-order valence-corrected chi connectivity index (χ1v) is 7.97. The van der Waals surface area contributed by atoms with Gasteiger partial charge >= 0.3 is 0 Å². The number of hydrogen-bond acceptors (Lipinski definition) is 3. The first-order chi connectivity index (χ1) is 10.2. The lowest BCUT2D eigenvalue weighted by Crippen LogP contribution is -2.28. The summed E-state index contributed by atoms with van der Waals surface area (Å²) in [6.45, 7) is 6.96. The average Bonchev–Trinajstić information content (AvgIpc) is 2.77. The van der Waals surface area contributed by atoms with E-state index in [-0.39, 0.29) is 17.1 Å². The number of aromatic amines is 1. The molecule has 0 saturated heterocycles. The summed E-state index contributed by atoms with van der Waals surface area (Å²) in [6.07, 6.45) is 0.895. The molecule has 2 N–H and O–H groups in total. The van der Waals surface area contributed by atoms with Crippen LogP contribution >= 0.6 is 11.8 Å². The van der Waals surface area contributed by atoms with E-state index < -0.39 is 11.6 Å². The minimum Gasteiger partial charge on any atom is -0.355 e. The lowest BCUT2D eigenvalue weighted by atomic mass is 9.92. The van der Waals surface area contributed by atoms with Crippen molar-refractivity contribution in [2.45, 2.75) is 32.3 Å². The summed E-state index contributed by atoms with van der Waals surface area (Å²) in [5.74, 6) is -1.75. The van der Waals surface area contributed by atoms with E-state index in [2.05, 4.69) is 36.1 Å². The largest absolute Gasteiger partial charge is 0.355 e. The quantitative estimate of drug-likeness (QED) is 0.827. The summed E-state index contributed by atoms with van der Waals surface area (Å²) in [5, 5.41) is 3.30. The smallest absolute Gasteiger partial charge is 0.230 e. The number of rotatable bonds is 5. The van der Waals surface area contributed by atoms with E-state index in [1.54, 1.807) is 0 Å². The summed E-state index contributed by atoms with van der Waals surface area (Å²) in [7, 11) is 0. The summed E-state index contributed by atoms with van der Waals surface area (Å²) in [5.41, 5.74) is 0.928. The fourth-order valence-corrected chi connectivity index (χ4v) is 2.53. The van der Waals surface area contributed by atoms with Crippen LogP contribution in [-0.4, -0.2) is 28.2 Å². The average molecular weight is 327 g/mol. The number of imidazole rings is 1. The predicted molar refractivity (Wildman–Crippen MR) is 83.8 cm³/mol. The van der Waals surface area contributed by atoms with Crippen LogP contribution in [0.5, 0.6) is 0 Å². The molecule has 0 atom stereocenters. The number of fused-ring (bicyclic) bond motifs is 1. The zero-order valence-corrected chi connectivity index (χ0v) is 13.6. The van der Waals surface area contributed by atoms with E-state index in [1.807, 2.05) is 0 Å².